The van der Waals surface area contributed by atoms with Crippen LogP contribution >= 0.6 is 0 Å². The lowest BCUT2D eigenvalue weighted by Crippen LogP contribution is -2.45. The number of aromatic nitrogens is 2. The molecule has 1 fully saturated rings. The second kappa shape index (κ2) is 8.54. The van der Waals surface area contributed by atoms with Crippen molar-refractivity contribution < 1.29 is 0 Å². The SMILES string of the molecule is CCNC(=NCc1nccn1CC(C)C)NC1CCC(C)(C)CC1. The fraction of sp³-hybridized carbons (Fsp3) is 0.789. The van der Waals surface area contributed by atoms with Crippen LogP contribution in [-0.2, 0) is 13.1 Å². The summed E-state index contributed by atoms with van der Waals surface area (Å²) in [7, 11) is 0. The summed E-state index contributed by atoms with van der Waals surface area (Å²) in [6.45, 7) is 13.8. The number of rotatable bonds is 6. The Balaban J connectivity index is 1.95. The first-order valence-electron chi connectivity index (χ1n) is 9.44. The molecule has 1 aliphatic rings. The Bertz CT molecular complexity index is 520. The van der Waals surface area contributed by atoms with Gasteiger partial charge in [0.15, 0.2) is 5.96 Å². The van der Waals surface area contributed by atoms with E-state index in [1.165, 1.54) is 25.7 Å². The van der Waals surface area contributed by atoms with Gasteiger partial charge in [0.2, 0.25) is 0 Å². The van der Waals surface area contributed by atoms with Crippen molar-refractivity contribution in [3.8, 4) is 0 Å². The number of nitrogens with zero attached hydrogens (tertiary/aromatic N) is 3. The minimum atomic E-state index is 0.495. The van der Waals surface area contributed by atoms with E-state index in [-0.39, 0.29) is 0 Å². The van der Waals surface area contributed by atoms with Gasteiger partial charge in [0.25, 0.3) is 0 Å². The molecule has 0 radical (unpaired) electrons. The Hall–Kier alpha value is -1.52. The van der Waals surface area contributed by atoms with Crippen LogP contribution in [0, 0.1) is 11.3 Å². The predicted molar refractivity (Wildman–Crippen MR) is 101 cm³/mol. The zero-order valence-corrected chi connectivity index (χ0v) is 16.1. The van der Waals surface area contributed by atoms with Crippen LogP contribution in [0.5, 0.6) is 0 Å². The van der Waals surface area contributed by atoms with Crippen molar-refractivity contribution in [2.24, 2.45) is 16.3 Å². The Morgan fingerprint density at radius 1 is 1.38 bits per heavy atom. The van der Waals surface area contributed by atoms with Gasteiger partial charge in [0, 0.05) is 31.5 Å². The van der Waals surface area contributed by atoms with Crippen LogP contribution in [0.4, 0.5) is 0 Å². The highest BCUT2D eigenvalue weighted by atomic mass is 15.2. The quantitative estimate of drug-likeness (QED) is 0.618. The molecule has 5 heteroatoms. The van der Waals surface area contributed by atoms with Crippen LogP contribution in [0.2, 0.25) is 0 Å². The Morgan fingerprint density at radius 2 is 2.08 bits per heavy atom. The number of hydrogen-bond donors (Lipinski definition) is 2. The standard InChI is InChI=1S/C19H35N5/c1-6-20-18(23-16-7-9-19(4,5)10-8-16)22-13-17-21-11-12-24(17)14-15(2)3/h11-12,15-16H,6-10,13-14H2,1-5H3,(H2,20,22,23). The molecule has 2 N–H and O–H groups in total. The van der Waals surface area contributed by atoms with Gasteiger partial charge in [-0.2, -0.15) is 0 Å². The molecule has 0 unspecified atom stereocenters. The van der Waals surface area contributed by atoms with Crippen LogP contribution in [0.15, 0.2) is 17.4 Å². The number of guanidine groups is 1. The minimum absolute atomic E-state index is 0.495. The van der Waals surface area contributed by atoms with Gasteiger partial charge in [-0.25, -0.2) is 9.98 Å². The van der Waals surface area contributed by atoms with Gasteiger partial charge in [-0.1, -0.05) is 27.7 Å². The lowest BCUT2D eigenvalue weighted by atomic mass is 9.75. The van der Waals surface area contributed by atoms with Gasteiger partial charge >= 0.3 is 0 Å². The predicted octanol–water partition coefficient (Wildman–Crippen LogP) is 3.56. The van der Waals surface area contributed by atoms with Crippen molar-refractivity contribution in [2.75, 3.05) is 6.54 Å². The third-order valence-corrected chi connectivity index (χ3v) is 4.77. The van der Waals surface area contributed by atoms with Crippen molar-refractivity contribution in [3.05, 3.63) is 18.2 Å². The van der Waals surface area contributed by atoms with Crippen molar-refractivity contribution >= 4 is 5.96 Å². The van der Waals surface area contributed by atoms with E-state index in [2.05, 4.69) is 61.0 Å². The summed E-state index contributed by atoms with van der Waals surface area (Å²) < 4.78 is 2.21. The maximum atomic E-state index is 4.77. The van der Waals surface area contributed by atoms with Gasteiger partial charge in [0.05, 0.1) is 0 Å². The van der Waals surface area contributed by atoms with Gasteiger partial charge < -0.3 is 15.2 Å². The van der Waals surface area contributed by atoms with Crippen molar-refractivity contribution in [1.29, 1.82) is 0 Å². The summed E-state index contributed by atoms with van der Waals surface area (Å²) in [6.07, 6.45) is 8.93. The molecule has 0 aromatic carbocycles. The average molecular weight is 334 g/mol. The summed E-state index contributed by atoms with van der Waals surface area (Å²) >= 11 is 0. The summed E-state index contributed by atoms with van der Waals surface area (Å²) in [5.41, 5.74) is 0.495. The van der Waals surface area contributed by atoms with E-state index in [1.807, 2.05) is 6.20 Å². The van der Waals surface area contributed by atoms with Crippen molar-refractivity contribution in [1.82, 2.24) is 20.2 Å². The van der Waals surface area contributed by atoms with Crippen LogP contribution in [0.3, 0.4) is 0 Å². The highest BCUT2D eigenvalue weighted by Gasteiger charge is 2.27. The molecule has 1 aromatic heterocycles. The molecule has 2 rings (SSSR count). The number of imidazole rings is 1. The Morgan fingerprint density at radius 3 is 2.71 bits per heavy atom. The summed E-state index contributed by atoms with van der Waals surface area (Å²) in [5.74, 6) is 2.56. The van der Waals surface area contributed by atoms with Crippen LogP contribution in [0.1, 0.15) is 66.1 Å². The summed E-state index contributed by atoms with van der Waals surface area (Å²) in [6, 6.07) is 0.534. The van der Waals surface area contributed by atoms with Gasteiger partial charge in [0.1, 0.15) is 12.4 Å². The van der Waals surface area contributed by atoms with Crippen molar-refractivity contribution in [3.63, 3.8) is 0 Å². The Kier molecular flexibility index (Phi) is 6.69. The average Bonchev–Trinajstić information content (AvgIpc) is 2.93. The Labute approximate surface area is 147 Å². The maximum Gasteiger partial charge on any atom is 0.191 e. The fourth-order valence-electron chi connectivity index (χ4n) is 3.26. The zero-order valence-electron chi connectivity index (χ0n) is 16.1. The monoisotopic (exact) mass is 333 g/mol. The largest absolute Gasteiger partial charge is 0.357 e. The molecule has 0 aliphatic heterocycles. The zero-order chi connectivity index (χ0) is 17.6. The van der Waals surface area contributed by atoms with E-state index < -0.39 is 0 Å². The normalized spacial score (nSPS) is 18.8. The first-order chi connectivity index (χ1) is 11.4. The minimum Gasteiger partial charge on any atom is -0.357 e. The van der Waals surface area contributed by atoms with E-state index in [4.69, 9.17) is 4.99 Å². The van der Waals surface area contributed by atoms with E-state index in [0.29, 0.717) is 23.9 Å². The van der Waals surface area contributed by atoms with Crippen LogP contribution < -0.4 is 10.6 Å². The molecule has 1 aliphatic carbocycles. The van der Waals surface area contributed by atoms with E-state index in [0.717, 1.165) is 24.9 Å². The maximum absolute atomic E-state index is 4.77. The fourth-order valence-corrected chi connectivity index (χ4v) is 3.26. The second-order valence-electron chi connectivity index (χ2n) is 8.17. The smallest absolute Gasteiger partial charge is 0.191 e. The molecule has 1 saturated carbocycles. The molecule has 1 aromatic rings. The molecule has 0 amide bonds. The molecule has 0 spiro atoms. The van der Waals surface area contributed by atoms with Gasteiger partial charge in [-0.15, -0.1) is 0 Å². The molecule has 1 heterocycles. The number of nitrogens with one attached hydrogen (secondary N) is 2. The van der Waals surface area contributed by atoms with E-state index in [9.17, 15) is 0 Å². The first kappa shape index (κ1) is 18.8. The molecule has 5 nitrogen and oxygen atoms in total. The van der Waals surface area contributed by atoms with Crippen LogP contribution in [0.25, 0.3) is 0 Å². The highest BCUT2D eigenvalue weighted by Crippen LogP contribution is 2.34. The number of aliphatic imine (C=N–C) groups is 1. The molecule has 0 atom stereocenters. The first-order valence-corrected chi connectivity index (χ1v) is 9.44. The molecule has 0 bridgehead atoms. The van der Waals surface area contributed by atoms with Crippen molar-refractivity contribution in [2.45, 2.75) is 79.4 Å². The second-order valence-corrected chi connectivity index (χ2v) is 8.17. The molecule has 0 saturated heterocycles. The third-order valence-electron chi connectivity index (χ3n) is 4.77. The van der Waals surface area contributed by atoms with Gasteiger partial charge in [-0.05, 0) is 43.9 Å². The lowest BCUT2D eigenvalue weighted by Gasteiger charge is -2.35. The lowest BCUT2D eigenvalue weighted by molar-refractivity contribution is 0.216. The van der Waals surface area contributed by atoms with Gasteiger partial charge in [-0.3, -0.25) is 0 Å². The molecule has 24 heavy (non-hydrogen) atoms. The highest BCUT2D eigenvalue weighted by molar-refractivity contribution is 5.80. The summed E-state index contributed by atoms with van der Waals surface area (Å²) in [5, 5.41) is 6.99. The molecular formula is C19H35N5. The van der Waals surface area contributed by atoms with Crippen LogP contribution in [-0.4, -0.2) is 28.1 Å². The van der Waals surface area contributed by atoms with E-state index in [1.54, 1.807) is 0 Å². The molecular weight excluding hydrogens is 298 g/mol. The summed E-state index contributed by atoms with van der Waals surface area (Å²) in [4.78, 5) is 9.23. The third kappa shape index (κ3) is 5.84. The van der Waals surface area contributed by atoms with E-state index >= 15 is 0 Å². The molecule has 136 valence electrons. The topological polar surface area (TPSA) is 54.2 Å². The number of hydrogen-bond acceptors (Lipinski definition) is 2.